The SMILES string of the molecule is CCN1C(=O)C(=O)N(Cc2nc3ccccc3c(-c3ccccc3)c2C(=O)OC)C1=O. The van der Waals surface area contributed by atoms with E-state index in [-0.39, 0.29) is 24.3 Å². The van der Waals surface area contributed by atoms with Gasteiger partial charge in [0.15, 0.2) is 0 Å². The summed E-state index contributed by atoms with van der Waals surface area (Å²) in [6.45, 7) is 1.35. The van der Waals surface area contributed by atoms with E-state index >= 15 is 0 Å². The minimum atomic E-state index is -0.945. The molecule has 2 heterocycles. The Morgan fingerprint density at radius 3 is 2.23 bits per heavy atom. The third-order valence-corrected chi connectivity index (χ3v) is 5.18. The number of carbonyl (C=O) groups is 4. The molecule has 1 aliphatic rings. The van der Waals surface area contributed by atoms with Gasteiger partial charge >= 0.3 is 23.8 Å². The van der Waals surface area contributed by atoms with Crippen molar-refractivity contribution in [2.75, 3.05) is 13.7 Å². The fraction of sp³-hybridized carbons (Fsp3) is 0.174. The summed E-state index contributed by atoms with van der Waals surface area (Å²) in [7, 11) is 1.25. The maximum absolute atomic E-state index is 12.9. The Labute approximate surface area is 178 Å². The number of hydrogen-bond donors (Lipinski definition) is 0. The zero-order chi connectivity index (χ0) is 22.1. The van der Waals surface area contributed by atoms with E-state index in [0.717, 1.165) is 20.7 Å². The molecule has 8 heteroatoms. The highest BCUT2D eigenvalue weighted by Gasteiger charge is 2.44. The number of esters is 1. The summed E-state index contributed by atoms with van der Waals surface area (Å²) in [5.41, 5.74) is 2.26. The van der Waals surface area contributed by atoms with Crippen molar-refractivity contribution in [2.24, 2.45) is 0 Å². The number of rotatable bonds is 5. The van der Waals surface area contributed by atoms with Gasteiger partial charge in [0, 0.05) is 17.5 Å². The van der Waals surface area contributed by atoms with E-state index in [2.05, 4.69) is 4.98 Å². The number of urea groups is 1. The number of carbonyl (C=O) groups excluding carboxylic acids is 4. The van der Waals surface area contributed by atoms with Gasteiger partial charge in [0.25, 0.3) is 0 Å². The van der Waals surface area contributed by atoms with Gasteiger partial charge < -0.3 is 4.74 Å². The van der Waals surface area contributed by atoms with Crippen LogP contribution in [0.5, 0.6) is 0 Å². The summed E-state index contributed by atoms with van der Waals surface area (Å²) in [4.78, 5) is 56.2. The van der Waals surface area contributed by atoms with Gasteiger partial charge in [-0.05, 0) is 18.6 Å². The Morgan fingerprint density at radius 1 is 0.935 bits per heavy atom. The Bertz CT molecular complexity index is 1220. The van der Waals surface area contributed by atoms with E-state index in [4.69, 9.17) is 4.74 Å². The van der Waals surface area contributed by atoms with Gasteiger partial charge in [-0.25, -0.2) is 19.5 Å². The molecule has 0 bridgehead atoms. The summed E-state index contributed by atoms with van der Waals surface area (Å²) in [5.74, 6) is -2.49. The van der Waals surface area contributed by atoms with Crippen LogP contribution in [0.25, 0.3) is 22.0 Å². The number of imide groups is 2. The number of nitrogens with zero attached hydrogens (tertiary/aromatic N) is 3. The van der Waals surface area contributed by atoms with Crippen molar-refractivity contribution >= 4 is 34.7 Å². The molecule has 1 aromatic heterocycles. The number of pyridine rings is 1. The molecule has 0 aliphatic carbocycles. The van der Waals surface area contributed by atoms with Gasteiger partial charge in [-0.2, -0.15) is 0 Å². The number of methoxy groups -OCH3 is 1. The van der Waals surface area contributed by atoms with Crippen molar-refractivity contribution < 1.29 is 23.9 Å². The van der Waals surface area contributed by atoms with Gasteiger partial charge in [-0.1, -0.05) is 48.5 Å². The predicted molar refractivity (Wildman–Crippen MR) is 112 cm³/mol. The van der Waals surface area contributed by atoms with Crippen molar-refractivity contribution in [3.8, 4) is 11.1 Å². The lowest BCUT2D eigenvalue weighted by molar-refractivity contribution is -0.143. The molecule has 0 N–H and O–H groups in total. The van der Waals surface area contributed by atoms with Gasteiger partial charge in [0.1, 0.15) is 0 Å². The Hall–Kier alpha value is -4.07. The molecule has 4 amide bonds. The summed E-state index contributed by atoms with van der Waals surface area (Å²) in [5, 5.41) is 0.725. The number of amides is 4. The minimum absolute atomic E-state index is 0.0736. The van der Waals surface area contributed by atoms with E-state index in [9.17, 15) is 19.2 Å². The quantitative estimate of drug-likeness (QED) is 0.360. The maximum Gasteiger partial charge on any atom is 0.340 e. The minimum Gasteiger partial charge on any atom is -0.465 e. The van der Waals surface area contributed by atoms with Gasteiger partial charge in [-0.15, -0.1) is 0 Å². The molecule has 0 spiro atoms. The van der Waals surface area contributed by atoms with Gasteiger partial charge in [0.2, 0.25) is 0 Å². The number of aromatic nitrogens is 1. The van der Waals surface area contributed by atoms with Gasteiger partial charge in [0.05, 0.1) is 30.4 Å². The molecule has 1 fully saturated rings. The Morgan fingerprint density at radius 2 is 1.58 bits per heavy atom. The summed E-state index contributed by atoms with van der Waals surface area (Å²) >= 11 is 0. The second-order valence-electron chi connectivity index (χ2n) is 6.91. The smallest absolute Gasteiger partial charge is 0.340 e. The highest BCUT2D eigenvalue weighted by molar-refractivity contribution is 6.44. The summed E-state index contributed by atoms with van der Waals surface area (Å²) in [6.07, 6.45) is 0. The lowest BCUT2D eigenvalue weighted by Crippen LogP contribution is -2.33. The lowest BCUT2D eigenvalue weighted by atomic mass is 9.94. The first kappa shape index (κ1) is 20.2. The maximum atomic E-state index is 12.9. The topological polar surface area (TPSA) is 96.9 Å². The molecule has 4 rings (SSSR count). The van der Waals surface area contributed by atoms with Gasteiger partial charge in [-0.3, -0.25) is 14.5 Å². The monoisotopic (exact) mass is 417 g/mol. The lowest BCUT2D eigenvalue weighted by Gasteiger charge is -2.19. The molecular weight excluding hydrogens is 398 g/mol. The molecule has 2 aromatic carbocycles. The average molecular weight is 417 g/mol. The molecule has 0 unspecified atom stereocenters. The van der Waals surface area contributed by atoms with Crippen molar-refractivity contribution in [3.05, 3.63) is 65.9 Å². The molecule has 0 radical (unpaired) electrons. The molecule has 31 heavy (non-hydrogen) atoms. The van der Waals surface area contributed by atoms with E-state index in [1.165, 1.54) is 7.11 Å². The number of benzene rings is 2. The zero-order valence-corrected chi connectivity index (χ0v) is 17.0. The standard InChI is InChI=1S/C23H19N3O5/c1-3-25-20(27)21(28)26(23(25)30)13-17-19(22(29)31-2)18(14-9-5-4-6-10-14)15-11-7-8-12-16(15)24-17/h4-12H,3,13H2,1-2H3. The van der Waals surface area contributed by atoms with Crippen molar-refractivity contribution in [2.45, 2.75) is 13.5 Å². The van der Waals surface area contributed by atoms with Crippen LogP contribution < -0.4 is 0 Å². The van der Waals surface area contributed by atoms with E-state index in [1.54, 1.807) is 19.1 Å². The summed E-state index contributed by atoms with van der Waals surface area (Å²) < 4.78 is 5.02. The van der Waals surface area contributed by atoms with Crippen LogP contribution in [0.3, 0.4) is 0 Å². The molecule has 0 atom stereocenters. The Balaban J connectivity index is 1.96. The highest BCUT2D eigenvalue weighted by Crippen LogP contribution is 2.34. The van der Waals surface area contributed by atoms with Crippen LogP contribution in [0.1, 0.15) is 23.0 Å². The van der Waals surface area contributed by atoms with Crippen LogP contribution in [-0.2, 0) is 20.9 Å². The normalized spacial score (nSPS) is 13.9. The first-order valence-electron chi connectivity index (χ1n) is 9.70. The number of fused-ring (bicyclic) bond motifs is 1. The van der Waals surface area contributed by atoms with Crippen LogP contribution in [-0.4, -0.2) is 52.3 Å². The predicted octanol–water partition coefficient (Wildman–Crippen LogP) is 3.00. The van der Waals surface area contributed by atoms with Crippen molar-refractivity contribution in [3.63, 3.8) is 0 Å². The molecule has 156 valence electrons. The molecule has 8 nitrogen and oxygen atoms in total. The third kappa shape index (κ3) is 3.31. The second kappa shape index (κ2) is 7.98. The fourth-order valence-corrected chi connectivity index (χ4v) is 3.72. The molecular formula is C23H19N3O5. The average Bonchev–Trinajstić information content (AvgIpc) is 3.00. The largest absolute Gasteiger partial charge is 0.465 e. The first-order chi connectivity index (χ1) is 15.0. The molecule has 1 saturated heterocycles. The number of likely N-dealkylation sites (N-methyl/N-ethyl adjacent to an activating group) is 1. The van der Waals surface area contributed by atoms with E-state index < -0.39 is 23.8 Å². The Kier molecular flexibility index (Phi) is 5.21. The van der Waals surface area contributed by atoms with Crippen LogP contribution in [0.2, 0.25) is 0 Å². The number of hydrogen-bond acceptors (Lipinski definition) is 6. The van der Waals surface area contributed by atoms with Crippen molar-refractivity contribution in [1.82, 2.24) is 14.8 Å². The zero-order valence-electron chi connectivity index (χ0n) is 17.0. The summed E-state index contributed by atoms with van der Waals surface area (Å²) in [6, 6.07) is 15.8. The van der Waals surface area contributed by atoms with E-state index in [1.807, 2.05) is 42.5 Å². The number of para-hydroxylation sites is 1. The second-order valence-corrected chi connectivity index (χ2v) is 6.91. The van der Waals surface area contributed by atoms with Crippen LogP contribution in [0.15, 0.2) is 54.6 Å². The van der Waals surface area contributed by atoms with Crippen LogP contribution in [0, 0.1) is 0 Å². The fourth-order valence-electron chi connectivity index (χ4n) is 3.72. The molecule has 3 aromatic rings. The molecule has 1 aliphatic heterocycles. The van der Waals surface area contributed by atoms with Crippen LogP contribution in [0.4, 0.5) is 4.79 Å². The number of ether oxygens (including phenoxy) is 1. The first-order valence-corrected chi connectivity index (χ1v) is 9.70. The van der Waals surface area contributed by atoms with Crippen molar-refractivity contribution in [1.29, 1.82) is 0 Å². The highest BCUT2D eigenvalue weighted by atomic mass is 16.5. The third-order valence-electron chi connectivity index (χ3n) is 5.18. The van der Waals surface area contributed by atoms with Crippen LogP contribution >= 0.6 is 0 Å². The van der Waals surface area contributed by atoms with E-state index in [0.29, 0.717) is 11.1 Å². The molecule has 0 saturated carbocycles.